The fourth-order valence-electron chi connectivity index (χ4n) is 4.94. The summed E-state index contributed by atoms with van der Waals surface area (Å²) >= 11 is 0. The predicted molar refractivity (Wildman–Crippen MR) is 136 cm³/mol. The number of hydrogen-bond acceptors (Lipinski definition) is 5. The third-order valence-electron chi connectivity index (χ3n) is 6.91. The van der Waals surface area contributed by atoms with E-state index >= 15 is 0 Å². The smallest absolute Gasteiger partial charge is 0.320 e. The predicted octanol–water partition coefficient (Wildman–Crippen LogP) is 4.09. The Labute approximate surface area is 212 Å². The molecule has 4 N–H and O–H groups in total. The van der Waals surface area contributed by atoms with Gasteiger partial charge in [-0.3, -0.25) is 19.0 Å². The number of carbonyl (C=O) groups is 2. The lowest BCUT2D eigenvalue weighted by Gasteiger charge is -2.28. The summed E-state index contributed by atoms with van der Waals surface area (Å²) in [6.07, 6.45) is 5.71. The highest BCUT2D eigenvalue weighted by Gasteiger charge is 2.28. The monoisotopic (exact) mass is 509 g/mol. The van der Waals surface area contributed by atoms with Crippen LogP contribution in [0.15, 0.2) is 59.4 Å². The molecule has 9 heteroatoms. The largest absolute Gasteiger partial charge is 0.480 e. The van der Waals surface area contributed by atoms with Gasteiger partial charge in [0, 0.05) is 12.1 Å². The van der Waals surface area contributed by atoms with Crippen LogP contribution in [0.1, 0.15) is 53.6 Å². The Morgan fingerprint density at radius 2 is 1.68 bits per heavy atom. The van der Waals surface area contributed by atoms with Gasteiger partial charge in [-0.05, 0) is 67.6 Å². The van der Waals surface area contributed by atoms with Gasteiger partial charge in [-0.15, -0.1) is 0 Å². The van der Waals surface area contributed by atoms with Crippen molar-refractivity contribution in [3.8, 4) is 5.69 Å². The van der Waals surface area contributed by atoms with Gasteiger partial charge in [0.2, 0.25) is 0 Å². The molecule has 4 rings (SSSR count). The minimum absolute atomic E-state index is 0.0826. The zero-order valence-corrected chi connectivity index (χ0v) is 20.3. The van der Waals surface area contributed by atoms with Gasteiger partial charge in [-0.1, -0.05) is 31.4 Å². The van der Waals surface area contributed by atoms with E-state index in [1.54, 1.807) is 24.3 Å². The van der Waals surface area contributed by atoms with Crippen LogP contribution in [0.25, 0.3) is 5.69 Å². The molecular weight excluding hydrogens is 480 g/mol. The molecule has 1 fully saturated rings. The Bertz CT molecular complexity index is 1350. The number of nitrogens with two attached hydrogens (primary N) is 1. The molecule has 1 heterocycles. The van der Waals surface area contributed by atoms with E-state index in [1.807, 2.05) is 0 Å². The summed E-state index contributed by atoms with van der Waals surface area (Å²) in [5.41, 5.74) is 6.60. The minimum Gasteiger partial charge on any atom is -0.480 e. The number of carboxylic acids is 1. The van der Waals surface area contributed by atoms with Crippen LogP contribution in [-0.2, 0) is 11.2 Å². The van der Waals surface area contributed by atoms with Gasteiger partial charge in [0.1, 0.15) is 23.5 Å². The Morgan fingerprint density at radius 1 is 1.00 bits per heavy atom. The molecule has 1 saturated carbocycles. The van der Waals surface area contributed by atoms with Crippen LogP contribution in [0.5, 0.6) is 0 Å². The number of aromatic nitrogens is 1. The SMILES string of the molecule is Nc1c(C(=O)c2ccc(F)cc2F)ccc(=O)n1-c1ccc(CCNC(C(=O)O)C2CCCCC2)cc1. The summed E-state index contributed by atoms with van der Waals surface area (Å²) in [5, 5.41) is 12.8. The zero-order chi connectivity index (χ0) is 26.5. The van der Waals surface area contributed by atoms with Crippen molar-refractivity contribution in [1.82, 2.24) is 9.88 Å². The molecule has 37 heavy (non-hydrogen) atoms. The van der Waals surface area contributed by atoms with Gasteiger partial charge < -0.3 is 16.2 Å². The van der Waals surface area contributed by atoms with E-state index in [2.05, 4.69) is 5.32 Å². The van der Waals surface area contributed by atoms with Crippen LogP contribution in [0.2, 0.25) is 0 Å². The van der Waals surface area contributed by atoms with Crippen LogP contribution in [0, 0.1) is 17.6 Å². The van der Waals surface area contributed by atoms with E-state index < -0.39 is 35.0 Å². The maximum absolute atomic E-state index is 14.2. The number of ketones is 1. The van der Waals surface area contributed by atoms with Crippen LogP contribution >= 0.6 is 0 Å². The number of benzene rings is 2. The quantitative estimate of drug-likeness (QED) is 0.375. The number of nitrogens with zero attached hydrogens (tertiary/aromatic N) is 1. The second-order valence-corrected chi connectivity index (χ2v) is 9.34. The standard InChI is InChI=1S/C28H29F2N3O4/c29-19-8-11-21(23(30)16-19)26(35)22-12-13-24(34)33(27(22)31)20-9-6-17(7-10-20)14-15-32-25(28(36)37)18-4-2-1-3-5-18/h6-13,16,18,25,32H,1-5,14-15,31H2,(H,36,37). The molecule has 1 aromatic heterocycles. The fraction of sp³-hybridized carbons (Fsp3) is 0.321. The van der Waals surface area contributed by atoms with Crippen molar-refractivity contribution in [2.24, 2.45) is 5.92 Å². The Balaban J connectivity index is 1.49. The summed E-state index contributed by atoms with van der Waals surface area (Å²) in [4.78, 5) is 37.2. The third kappa shape index (κ3) is 5.94. The van der Waals surface area contributed by atoms with Crippen LogP contribution in [-0.4, -0.2) is 34.0 Å². The maximum Gasteiger partial charge on any atom is 0.320 e. The van der Waals surface area contributed by atoms with E-state index in [-0.39, 0.29) is 22.9 Å². The van der Waals surface area contributed by atoms with Crippen molar-refractivity contribution in [1.29, 1.82) is 0 Å². The molecular formula is C28H29F2N3O4. The molecule has 0 aliphatic heterocycles. The van der Waals surface area contributed by atoms with Crippen molar-refractivity contribution in [3.05, 3.63) is 93.3 Å². The van der Waals surface area contributed by atoms with E-state index in [1.165, 1.54) is 12.1 Å². The summed E-state index contributed by atoms with van der Waals surface area (Å²) in [6.45, 7) is 0.488. The average Bonchev–Trinajstić information content (AvgIpc) is 2.87. The lowest BCUT2D eigenvalue weighted by atomic mass is 9.84. The summed E-state index contributed by atoms with van der Waals surface area (Å²) < 4.78 is 28.6. The molecule has 0 spiro atoms. The first-order valence-electron chi connectivity index (χ1n) is 12.3. The molecule has 0 bridgehead atoms. The molecule has 0 amide bonds. The second-order valence-electron chi connectivity index (χ2n) is 9.34. The molecule has 1 aliphatic carbocycles. The highest BCUT2D eigenvalue weighted by molar-refractivity contribution is 6.11. The van der Waals surface area contributed by atoms with Gasteiger partial charge >= 0.3 is 5.97 Å². The first-order valence-corrected chi connectivity index (χ1v) is 12.3. The number of halogens is 2. The second kappa shape index (κ2) is 11.5. The number of aliphatic carboxylic acids is 1. The van der Waals surface area contributed by atoms with E-state index in [0.717, 1.165) is 54.4 Å². The molecule has 2 aromatic carbocycles. The van der Waals surface area contributed by atoms with Gasteiger partial charge in [-0.2, -0.15) is 0 Å². The lowest BCUT2D eigenvalue weighted by Crippen LogP contribution is -2.44. The maximum atomic E-state index is 14.2. The number of anilines is 1. The summed E-state index contributed by atoms with van der Waals surface area (Å²) in [5.74, 6) is -3.44. The Hall–Kier alpha value is -3.85. The number of carboxylic acid groups (broad SMARTS) is 1. The normalized spacial score (nSPS) is 14.9. The highest BCUT2D eigenvalue weighted by atomic mass is 19.1. The Morgan fingerprint density at radius 3 is 2.32 bits per heavy atom. The van der Waals surface area contributed by atoms with Crippen LogP contribution in [0.4, 0.5) is 14.6 Å². The molecule has 1 aliphatic rings. The zero-order valence-electron chi connectivity index (χ0n) is 20.3. The van der Waals surface area contributed by atoms with Crippen molar-refractivity contribution in [2.45, 2.75) is 44.6 Å². The topological polar surface area (TPSA) is 114 Å². The molecule has 0 saturated heterocycles. The number of rotatable bonds is 9. The summed E-state index contributed by atoms with van der Waals surface area (Å²) in [7, 11) is 0. The first-order chi connectivity index (χ1) is 17.8. The molecule has 1 atom stereocenters. The fourth-order valence-corrected chi connectivity index (χ4v) is 4.94. The molecule has 194 valence electrons. The van der Waals surface area contributed by atoms with Gasteiger partial charge in [0.15, 0.2) is 5.78 Å². The van der Waals surface area contributed by atoms with Crippen molar-refractivity contribution >= 4 is 17.6 Å². The van der Waals surface area contributed by atoms with Crippen molar-refractivity contribution < 1.29 is 23.5 Å². The number of hydrogen-bond donors (Lipinski definition) is 3. The third-order valence-corrected chi connectivity index (χ3v) is 6.91. The summed E-state index contributed by atoms with van der Waals surface area (Å²) in [6, 6.07) is 11.4. The minimum atomic E-state index is -1.02. The highest BCUT2D eigenvalue weighted by Crippen LogP contribution is 2.27. The van der Waals surface area contributed by atoms with E-state index in [0.29, 0.717) is 24.7 Å². The van der Waals surface area contributed by atoms with Crippen LogP contribution < -0.4 is 16.6 Å². The van der Waals surface area contributed by atoms with Gasteiger partial charge in [0.05, 0.1) is 16.8 Å². The number of pyridine rings is 1. The average molecular weight is 510 g/mol. The first kappa shape index (κ1) is 26.2. The van der Waals surface area contributed by atoms with Gasteiger partial charge in [-0.25, -0.2) is 8.78 Å². The number of carbonyl (C=O) groups excluding carboxylic acids is 1. The molecule has 3 aromatic rings. The van der Waals surface area contributed by atoms with E-state index in [9.17, 15) is 28.3 Å². The molecule has 1 unspecified atom stereocenters. The van der Waals surface area contributed by atoms with Crippen molar-refractivity contribution in [3.63, 3.8) is 0 Å². The molecule has 7 nitrogen and oxygen atoms in total. The van der Waals surface area contributed by atoms with Gasteiger partial charge in [0.25, 0.3) is 5.56 Å². The van der Waals surface area contributed by atoms with Crippen LogP contribution in [0.3, 0.4) is 0 Å². The van der Waals surface area contributed by atoms with E-state index in [4.69, 9.17) is 5.73 Å². The number of nitrogen functional groups attached to an aromatic ring is 1. The molecule has 0 radical (unpaired) electrons. The lowest BCUT2D eigenvalue weighted by molar-refractivity contribution is -0.141. The van der Waals surface area contributed by atoms with Crippen molar-refractivity contribution in [2.75, 3.05) is 12.3 Å². The number of nitrogens with one attached hydrogen (secondary N) is 1. The Kier molecular flexibility index (Phi) is 8.13.